The van der Waals surface area contributed by atoms with Crippen molar-refractivity contribution in [3.63, 3.8) is 0 Å². The summed E-state index contributed by atoms with van der Waals surface area (Å²) in [4.78, 5) is 10.6. The minimum absolute atomic E-state index is 0.0362. The summed E-state index contributed by atoms with van der Waals surface area (Å²) >= 11 is 0. The van der Waals surface area contributed by atoms with Crippen molar-refractivity contribution in [2.75, 3.05) is 25.1 Å². The molecule has 0 saturated carbocycles. The standard InChI is InChI=1S/C20H27N2O8PS/c1-3-28-31(25,29-4-2)15-8-16-32(26,27)21-19-13-11-17(22(23)24)12-14-20(19)30-18-9-6-5-7-10-18/h5-7,9-11,13-14,21H,3-4,8,12,15-16H2,1-2H3. The molecule has 0 radical (unpaired) electrons. The summed E-state index contributed by atoms with van der Waals surface area (Å²) in [5.74, 6) is 0.240. The zero-order valence-electron chi connectivity index (χ0n) is 17.9. The largest absolute Gasteiger partial charge is 0.455 e. The number of nitrogens with zero attached hydrogens (tertiary/aromatic N) is 1. The van der Waals surface area contributed by atoms with Crippen LogP contribution < -0.4 is 9.46 Å². The third-order valence-corrected chi connectivity index (χ3v) is 7.70. The molecule has 0 heterocycles. The van der Waals surface area contributed by atoms with Crippen molar-refractivity contribution in [1.29, 1.82) is 0 Å². The zero-order valence-corrected chi connectivity index (χ0v) is 19.6. The van der Waals surface area contributed by atoms with E-state index in [9.17, 15) is 23.1 Å². The predicted molar refractivity (Wildman–Crippen MR) is 120 cm³/mol. The van der Waals surface area contributed by atoms with Gasteiger partial charge in [0, 0.05) is 6.08 Å². The number of hydrogen-bond donors (Lipinski definition) is 1. The van der Waals surface area contributed by atoms with Crippen LogP contribution in [0.15, 0.2) is 65.7 Å². The van der Waals surface area contributed by atoms with Gasteiger partial charge in [0.2, 0.25) is 15.7 Å². The Bertz CT molecular complexity index is 1020. The van der Waals surface area contributed by atoms with Gasteiger partial charge < -0.3 is 13.8 Å². The van der Waals surface area contributed by atoms with Crippen LogP contribution in [0.2, 0.25) is 0 Å². The van der Waals surface area contributed by atoms with Crippen molar-refractivity contribution < 1.29 is 31.7 Å². The molecule has 176 valence electrons. The number of hydrogen-bond acceptors (Lipinski definition) is 8. The molecule has 0 atom stereocenters. The molecule has 0 aromatic heterocycles. The van der Waals surface area contributed by atoms with Gasteiger partial charge in [-0.25, -0.2) is 8.42 Å². The maximum absolute atomic E-state index is 12.7. The molecule has 1 aromatic rings. The molecule has 10 nitrogen and oxygen atoms in total. The monoisotopic (exact) mass is 486 g/mol. The lowest BCUT2D eigenvalue weighted by molar-refractivity contribution is -0.426. The molecule has 1 aliphatic rings. The molecule has 0 bridgehead atoms. The van der Waals surface area contributed by atoms with E-state index in [1.165, 1.54) is 18.2 Å². The van der Waals surface area contributed by atoms with Gasteiger partial charge in [0.15, 0.2) is 0 Å². The second-order valence-electron chi connectivity index (χ2n) is 6.63. The number of nitro groups is 1. The molecule has 1 aromatic carbocycles. The van der Waals surface area contributed by atoms with Crippen LogP contribution >= 0.6 is 7.60 Å². The second-order valence-corrected chi connectivity index (χ2v) is 10.7. The van der Waals surface area contributed by atoms with Crippen LogP contribution in [0.25, 0.3) is 0 Å². The van der Waals surface area contributed by atoms with E-state index < -0.39 is 22.5 Å². The highest BCUT2D eigenvalue weighted by Gasteiger charge is 2.25. The average Bonchev–Trinajstić information content (AvgIpc) is 2.91. The Kier molecular flexibility index (Phi) is 9.64. The molecule has 0 unspecified atom stereocenters. The lowest BCUT2D eigenvalue weighted by atomic mass is 10.3. The molecule has 1 aliphatic carbocycles. The molecular formula is C20H27N2O8PS. The maximum atomic E-state index is 12.7. The van der Waals surface area contributed by atoms with E-state index in [4.69, 9.17) is 13.8 Å². The SMILES string of the molecule is CCOP(=O)(CCCS(=O)(=O)NC1=CC=C([N+](=O)[O-])CC=C1Oc1ccccc1)OCC. The van der Waals surface area contributed by atoms with E-state index in [1.54, 1.807) is 44.2 Å². The Morgan fingerprint density at radius 1 is 1.12 bits per heavy atom. The summed E-state index contributed by atoms with van der Waals surface area (Å²) in [7, 11) is -7.24. The van der Waals surface area contributed by atoms with Gasteiger partial charge in [-0.1, -0.05) is 18.2 Å². The summed E-state index contributed by atoms with van der Waals surface area (Å²) in [6.07, 6.45) is 3.92. The lowest BCUT2D eigenvalue weighted by Gasteiger charge is -2.18. The van der Waals surface area contributed by atoms with Crippen molar-refractivity contribution in [1.82, 2.24) is 4.72 Å². The van der Waals surface area contributed by atoms with Gasteiger partial charge in [0.05, 0.1) is 42.2 Å². The van der Waals surface area contributed by atoms with E-state index in [-0.39, 0.29) is 55.1 Å². The highest BCUT2D eigenvalue weighted by atomic mass is 32.2. The Morgan fingerprint density at radius 2 is 1.78 bits per heavy atom. The van der Waals surface area contributed by atoms with Crippen LogP contribution in [0.1, 0.15) is 26.7 Å². The fraction of sp³-hybridized carbons (Fsp3) is 0.400. The number of para-hydroxylation sites is 1. The molecule has 2 rings (SSSR count). The molecule has 32 heavy (non-hydrogen) atoms. The number of allylic oxidation sites excluding steroid dienone is 3. The van der Waals surface area contributed by atoms with Crippen molar-refractivity contribution in [3.05, 3.63) is 75.8 Å². The first-order valence-electron chi connectivity index (χ1n) is 10.1. The van der Waals surface area contributed by atoms with Crippen molar-refractivity contribution in [3.8, 4) is 5.75 Å². The molecule has 0 spiro atoms. The van der Waals surface area contributed by atoms with Crippen molar-refractivity contribution in [2.45, 2.75) is 26.7 Å². The topological polar surface area (TPSA) is 134 Å². The fourth-order valence-corrected chi connectivity index (χ4v) is 5.80. The smallest absolute Gasteiger partial charge is 0.330 e. The van der Waals surface area contributed by atoms with Gasteiger partial charge >= 0.3 is 7.60 Å². The predicted octanol–water partition coefficient (Wildman–Crippen LogP) is 3.97. The van der Waals surface area contributed by atoms with Crippen LogP contribution in [0.3, 0.4) is 0 Å². The molecule has 12 heteroatoms. The van der Waals surface area contributed by atoms with Crippen LogP contribution in [-0.4, -0.2) is 38.5 Å². The summed E-state index contributed by atoms with van der Waals surface area (Å²) in [6.45, 7) is 3.72. The summed E-state index contributed by atoms with van der Waals surface area (Å²) < 4.78 is 56.4. The molecule has 1 N–H and O–H groups in total. The van der Waals surface area contributed by atoms with E-state index >= 15 is 0 Å². The first-order valence-corrected chi connectivity index (χ1v) is 13.4. The van der Waals surface area contributed by atoms with Crippen LogP contribution in [0.4, 0.5) is 0 Å². The quantitative estimate of drug-likeness (QED) is 0.251. The van der Waals surface area contributed by atoms with Crippen molar-refractivity contribution in [2.24, 2.45) is 0 Å². The average molecular weight is 486 g/mol. The van der Waals surface area contributed by atoms with E-state index in [1.807, 2.05) is 0 Å². The van der Waals surface area contributed by atoms with Crippen molar-refractivity contribution >= 4 is 17.6 Å². The molecular weight excluding hydrogens is 459 g/mol. The minimum Gasteiger partial charge on any atom is -0.455 e. The number of benzene rings is 1. The number of ether oxygens (including phenoxy) is 1. The second kappa shape index (κ2) is 12.0. The highest BCUT2D eigenvalue weighted by Crippen LogP contribution is 2.48. The van der Waals surface area contributed by atoms with Crippen LogP contribution in [0.5, 0.6) is 5.75 Å². The summed E-state index contributed by atoms with van der Waals surface area (Å²) in [5.41, 5.74) is -0.0498. The van der Waals surface area contributed by atoms with Gasteiger partial charge in [-0.05, 0) is 44.6 Å². The molecule has 0 amide bonds. The summed E-state index contributed by atoms with van der Waals surface area (Å²) in [6, 6.07) is 8.65. The highest BCUT2D eigenvalue weighted by molar-refractivity contribution is 7.89. The zero-order chi connectivity index (χ0) is 23.6. The molecule has 0 aliphatic heterocycles. The minimum atomic E-state index is -3.88. The van der Waals surface area contributed by atoms with Crippen LogP contribution in [0, 0.1) is 10.1 Å². The van der Waals surface area contributed by atoms with Gasteiger partial charge in [-0.3, -0.25) is 19.4 Å². The lowest BCUT2D eigenvalue weighted by Crippen LogP contribution is -2.28. The third-order valence-electron chi connectivity index (χ3n) is 4.17. The fourth-order valence-electron chi connectivity index (χ4n) is 2.80. The van der Waals surface area contributed by atoms with E-state index in [0.29, 0.717) is 5.75 Å². The van der Waals surface area contributed by atoms with E-state index in [2.05, 4.69) is 4.72 Å². The van der Waals surface area contributed by atoms with Gasteiger partial charge in [-0.15, -0.1) is 0 Å². The van der Waals surface area contributed by atoms with Gasteiger partial charge in [0.25, 0.3) is 0 Å². The maximum Gasteiger partial charge on any atom is 0.330 e. The number of nitrogens with one attached hydrogen (secondary N) is 1. The molecule has 0 saturated heterocycles. The Hall–Kier alpha value is -2.46. The number of rotatable bonds is 13. The summed E-state index contributed by atoms with van der Waals surface area (Å²) in [5, 5.41) is 11.2. The van der Waals surface area contributed by atoms with Gasteiger partial charge in [-0.2, -0.15) is 0 Å². The normalized spacial score (nSPS) is 14.6. The first-order chi connectivity index (χ1) is 15.2. The van der Waals surface area contributed by atoms with E-state index in [0.717, 1.165) is 0 Å². The number of sulfonamides is 1. The molecule has 0 fully saturated rings. The Labute approximate surface area is 187 Å². The third kappa shape index (κ3) is 8.23. The Balaban J connectivity index is 2.15. The van der Waals surface area contributed by atoms with Gasteiger partial charge in [0.1, 0.15) is 11.5 Å². The van der Waals surface area contributed by atoms with Crippen LogP contribution in [-0.2, 0) is 23.6 Å². The Morgan fingerprint density at radius 3 is 2.38 bits per heavy atom. The first kappa shape index (κ1) is 25.8.